The zero-order valence-corrected chi connectivity index (χ0v) is 7.04. The minimum Gasteiger partial charge on any atom is -0.353 e. The van der Waals surface area contributed by atoms with Gasteiger partial charge in [0.15, 0.2) is 6.29 Å². The second-order valence-electron chi connectivity index (χ2n) is 1.93. The Morgan fingerprint density at radius 3 is 2.82 bits per heavy atom. The predicted molar refractivity (Wildman–Crippen MR) is 45.0 cm³/mol. The van der Waals surface area contributed by atoms with E-state index in [4.69, 9.17) is 15.9 Å². The molecular formula is C9H14O2. The van der Waals surface area contributed by atoms with Gasteiger partial charge in [0.2, 0.25) is 0 Å². The number of allylic oxidation sites excluding steroid dienone is 1. The first-order chi connectivity index (χ1) is 5.31. The van der Waals surface area contributed by atoms with Crippen LogP contribution in [0.1, 0.15) is 13.8 Å². The molecule has 0 rings (SSSR count). The predicted octanol–water partition coefficient (Wildman–Crippen LogP) is 1.57. The minimum absolute atomic E-state index is 0.151. The lowest BCUT2D eigenvalue weighted by atomic mass is 10.5. The Hall–Kier alpha value is -0.780. The van der Waals surface area contributed by atoms with Crippen molar-refractivity contribution < 1.29 is 9.47 Å². The van der Waals surface area contributed by atoms with Gasteiger partial charge in [-0.05, 0) is 19.9 Å². The van der Waals surface area contributed by atoms with Crippen molar-refractivity contribution in [2.45, 2.75) is 20.1 Å². The van der Waals surface area contributed by atoms with E-state index >= 15 is 0 Å². The van der Waals surface area contributed by atoms with Gasteiger partial charge < -0.3 is 9.47 Å². The van der Waals surface area contributed by atoms with E-state index in [9.17, 15) is 0 Å². The molecule has 0 saturated heterocycles. The summed E-state index contributed by atoms with van der Waals surface area (Å²) in [6, 6.07) is 0. The van der Waals surface area contributed by atoms with Crippen LogP contribution in [0.25, 0.3) is 0 Å². The van der Waals surface area contributed by atoms with Gasteiger partial charge in [-0.2, -0.15) is 0 Å². The van der Waals surface area contributed by atoms with Crippen LogP contribution in [0.15, 0.2) is 12.2 Å². The molecule has 0 spiro atoms. The summed E-state index contributed by atoms with van der Waals surface area (Å²) in [4.78, 5) is 0. The first-order valence-corrected chi connectivity index (χ1v) is 3.65. The maximum Gasteiger partial charge on any atom is 0.155 e. The van der Waals surface area contributed by atoms with Crippen molar-refractivity contribution in [1.82, 2.24) is 0 Å². The Bertz CT molecular complexity index is 144. The van der Waals surface area contributed by atoms with E-state index in [0.29, 0.717) is 13.2 Å². The lowest BCUT2D eigenvalue weighted by Gasteiger charge is -2.10. The van der Waals surface area contributed by atoms with E-state index in [1.165, 1.54) is 0 Å². The fraction of sp³-hybridized carbons (Fsp3) is 0.556. The van der Waals surface area contributed by atoms with E-state index in [1.807, 2.05) is 13.8 Å². The zero-order valence-electron chi connectivity index (χ0n) is 7.04. The quantitative estimate of drug-likeness (QED) is 0.442. The monoisotopic (exact) mass is 154 g/mol. The third-order valence-corrected chi connectivity index (χ3v) is 1.04. The SMILES string of the molecule is C#C/C=C/COC(C)OCC. The van der Waals surface area contributed by atoms with Crippen molar-refractivity contribution in [1.29, 1.82) is 0 Å². The van der Waals surface area contributed by atoms with E-state index in [-0.39, 0.29) is 6.29 Å². The normalized spacial score (nSPS) is 13.2. The van der Waals surface area contributed by atoms with Crippen LogP contribution in [0, 0.1) is 12.3 Å². The van der Waals surface area contributed by atoms with Gasteiger partial charge in [-0.1, -0.05) is 12.0 Å². The molecular weight excluding hydrogens is 140 g/mol. The lowest BCUT2D eigenvalue weighted by Crippen LogP contribution is -2.12. The van der Waals surface area contributed by atoms with E-state index in [0.717, 1.165) is 0 Å². The zero-order chi connectivity index (χ0) is 8.53. The van der Waals surface area contributed by atoms with Crippen LogP contribution < -0.4 is 0 Å². The molecule has 1 unspecified atom stereocenters. The Morgan fingerprint density at radius 1 is 1.55 bits per heavy atom. The fourth-order valence-corrected chi connectivity index (χ4v) is 0.590. The highest BCUT2D eigenvalue weighted by Gasteiger charge is 1.96. The first kappa shape index (κ1) is 10.2. The van der Waals surface area contributed by atoms with E-state index in [1.54, 1.807) is 12.2 Å². The van der Waals surface area contributed by atoms with E-state index < -0.39 is 0 Å². The summed E-state index contributed by atoms with van der Waals surface area (Å²) in [5.41, 5.74) is 0. The number of terminal acetylenes is 1. The number of hydrogen-bond acceptors (Lipinski definition) is 2. The molecule has 2 heteroatoms. The first-order valence-electron chi connectivity index (χ1n) is 3.65. The summed E-state index contributed by atoms with van der Waals surface area (Å²) in [6.07, 6.45) is 8.21. The highest BCUT2D eigenvalue weighted by molar-refractivity contribution is 5.08. The van der Waals surface area contributed by atoms with Gasteiger partial charge in [0.25, 0.3) is 0 Å². The molecule has 62 valence electrons. The van der Waals surface area contributed by atoms with Gasteiger partial charge in [0, 0.05) is 6.61 Å². The van der Waals surface area contributed by atoms with Gasteiger partial charge >= 0.3 is 0 Å². The highest BCUT2D eigenvalue weighted by Crippen LogP contribution is 1.92. The number of rotatable bonds is 5. The van der Waals surface area contributed by atoms with Crippen molar-refractivity contribution in [3.8, 4) is 12.3 Å². The highest BCUT2D eigenvalue weighted by atomic mass is 16.7. The van der Waals surface area contributed by atoms with E-state index in [2.05, 4.69) is 5.92 Å². The van der Waals surface area contributed by atoms with Crippen LogP contribution in [0.2, 0.25) is 0 Å². The maximum atomic E-state index is 5.18. The molecule has 0 aromatic carbocycles. The van der Waals surface area contributed by atoms with Crippen LogP contribution in [0.5, 0.6) is 0 Å². The van der Waals surface area contributed by atoms with Crippen LogP contribution in [-0.2, 0) is 9.47 Å². The molecule has 2 nitrogen and oxygen atoms in total. The average Bonchev–Trinajstić information content (AvgIpc) is 1.99. The van der Waals surface area contributed by atoms with Gasteiger partial charge in [0.1, 0.15) is 0 Å². The summed E-state index contributed by atoms with van der Waals surface area (Å²) in [6.45, 7) is 4.95. The maximum absolute atomic E-state index is 5.18. The molecule has 0 bridgehead atoms. The molecule has 1 atom stereocenters. The second kappa shape index (κ2) is 7.33. The summed E-state index contributed by atoms with van der Waals surface area (Å²) < 4.78 is 10.3. The van der Waals surface area contributed by atoms with Crippen molar-refractivity contribution in [2.75, 3.05) is 13.2 Å². The van der Waals surface area contributed by atoms with Crippen LogP contribution >= 0.6 is 0 Å². The Kier molecular flexibility index (Phi) is 6.81. The molecule has 0 N–H and O–H groups in total. The van der Waals surface area contributed by atoms with Crippen molar-refractivity contribution >= 4 is 0 Å². The molecule has 0 aromatic rings. The smallest absolute Gasteiger partial charge is 0.155 e. The fourth-order valence-electron chi connectivity index (χ4n) is 0.590. The molecule has 0 aliphatic heterocycles. The number of ether oxygens (including phenoxy) is 2. The molecule has 0 radical (unpaired) electrons. The van der Waals surface area contributed by atoms with Crippen molar-refractivity contribution in [3.63, 3.8) is 0 Å². The van der Waals surface area contributed by atoms with Gasteiger partial charge in [0.05, 0.1) is 6.61 Å². The topological polar surface area (TPSA) is 18.5 Å². The third kappa shape index (κ3) is 7.11. The molecule has 0 saturated carbocycles. The summed E-state index contributed by atoms with van der Waals surface area (Å²) in [5.74, 6) is 2.37. The van der Waals surface area contributed by atoms with Crippen LogP contribution in [-0.4, -0.2) is 19.5 Å². The van der Waals surface area contributed by atoms with Crippen molar-refractivity contribution in [2.24, 2.45) is 0 Å². The average molecular weight is 154 g/mol. The van der Waals surface area contributed by atoms with Crippen LogP contribution in [0.4, 0.5) is 0 Å². The largest absolute Gasteiger partial charge is 0.353 e. The minimum atomic E-state index is -0.151. The third-order valence-electron chi connectivity index (χ3n) is 1.04. The molecule has 0 aliphatic rings. The summed E-state index contributed by atoms with van der Waals surface area (Å²) in [7, 11) is 0. The van der Waals surface area contributed by atoms with Crippen LogP contribution in [0.3, 0.4) is 0 Å². The summed E-state index contributed by atoms with van der Waals surface area (Å²) >= 11 is 0. The molecule has 0 amide bonds. The second-order valence-corrected chi connectivity index (χ2v) is 1.93. The molecule has 11 heavy (non-hydrogen) atoms. The molecule has 0 fully saturated rings. The molecule has 0 heterocycles. The Morgan fingerprint density at radius 2 is 2.27 bits per heavy atom. The Balaban J connectivity index is 3.25. The molecule has 0 aliphatic carbocycles. The van der Waals surface area contributed by atoms with Gasteiger partial charge in [-0.3, -0.25) is 0 Å². The molecule has 0 aromatic heterocycles. The Labute approximate surface area is 68.2 Å². The number of hydrogen-bond donors (Lipinski definition) is 0. The van der Waals surface area contributed by atoms with Crippen molar-refractivity contribution in [3.05, 3.63) is 12.2 Å². The van der Waals surface area contributed by atoms with Gasteiger partial charge in [-0.25, -0.2) is 0 Å². The standard InChI is InChI=1S/C9H14O2/c1-4-6-7-8-11-9(3)10-5-2/h1,6-7,9H,5,8H2,2-3H3/b7-6+. The van der Waals surface area contributed by atoms with Gasteiger partial charge in [-0.15, -0.1) is 6.42 Å². The lowest BCUT2D eigenvalue weighted by molar-refractivity contribution is -0.118. The summed E-state index contributed by atoms with van der Waals surface area (Å²) in [5, 5.41) is 0.